The standard InChI is InChI=1S/C14H16N2O4/c1-14(18-9-10-19-14)7-8-16-13(17)20-12(15-16)11-5-3-2-4-6-11/h2-6H,7-10H2,1H3. The smallest absolute Gasteiger partial charge is 0.388 e. The van der Waals surface area contributed by atoms with E-state index in [4.69, 9.17) is 13.9 Å². The van der Waals surface area contributed by atoms with E-state index in [-0.39, 0.29) is 0 Å². The maximum absolute atomic E-state index is 11.8. The first-order chi connectivity index (χ1) is 9.66. The molecule has 1 aliphatic rings. The van der Waals surface area contributed by atoms with Gasteiger partial charge in [-0.1, -0.05) is 18.2 Å². The summed E-state index contributed by atoms with van der Waals surface area (Å²) < 4.78 is 17.5. The lowest BCUT2D eigenvalue weighted by molar-refractivity contribution is -0.149. The maximum atomic E-state index is 11.8. The molecule has 1 saturated heterocycles. The van der Waals surface area contributed by atoms with Gasteiger partial charge in [-0.15, -0.1) is 5.10 Å². The van der Waals surface area contributed by atoms with Crippen LogP contribution in [-0.2, 0) is 16.0 Å². The SMILES string of the molecule is CC1(CCn2nc(-c3ccccc3)oc2=O)OCCO1. The van der Waals surface area contributed by atoms with Crippen molar-refractivity contribution >= 4 is 0 Å². The molecular weight excluding hydrogens is 260 g/mol. The molecule has 6 heteroatoms. The Labute approximate surface area is 115 Å². The maximum Gasteiger partial charge on any atom is 0.437 e. The van der Waals surface area contributed by atoms with Gasteiger partial charge in [0, 0.05) is 12.0 Å². The first kappa shape index (κ1) is 13.1. The lowest BCUT2D eigenvalue weighted by atomic mass is 10.2. The molecule has 0 bridgehead atoms. The highest BCUT2D eigenvalue weighted by molar-refractivity contribution is 5.51. The molecule has 106 valence electrons. The minimum atomic E-state index is -0.634. The highest BCUT2D eigenvalue weighted by Crippen LogP contribution is 2.23. The van der Waals surface area contributed by atoms with Crippen LogP contribution in [-0.4, -0.2) is 28.8 Å². The molecule has 3 rings (SSSR count). The Morgan fingerprint density at radius 1 is 1.25 bits per heavy atom. The average molecular weight is 276 g/mol. The number of hydrogen-bond acceptors (Lipinski definition) is 5. The van der Waals surface area contributed by atoms with Crippen molar-refractivity contribution in [3.63, 3.8) is 0 Å². The summed E-state index contributed by atoms with van der Waals surface area (Å²) in [5.41, 5.74) is 0.780. The molecule has 0 aliphatic carbocycles. The number of ether oxygens (including phenoxy) is 2. The summed E-state index contributed by atoms with van der Waals surface area (Å²) in [6, 6.07) is 9.33. The van der Waals surface area contributed by atoms with Gasteiger partial charge in [0.05, 0.1) is 19.8 Å². The third-order valence-electron chi connectivity index (χ3n) is 3.30. The topological polar surface area (TPSA) is 66.5 Å². The highest BCUT2D eigenvalue weighted by atomic mass is 16.7. The van der Waals surface area contributed by atoms with Crippen LogP contribution in [0, 0.1) is 0 Å². The van der Waals surface area contributed by atoms with Gasteiger partial charge < -0.3 is 13.9 Å². The van der Waals surface area contributed by atoms with E-state index in [1.807, 2.05) is 37.3 Å². The van der Waals surface area contributed by atoms with Gasteiger partial charge in [0.1, 0.15) is 0 Å². The second-order valence-corrected chi connectivity index (χ2v) is 4.84. The Bertz CT molecular complexity index is 626. The third-order valence-corrected chi connectivity index (χ3v) is 3.30. The molecule has 0 saturated carbocycles. The number of benzene rings is 1. The quantitative estimate of drug-likeness (QED) is 0.849. The van der Waals surface area contributed by atoms with E-state index in [1.165, 1.54) is 4.68 Å². The van der Waals surface area contributed by atoms with Gasteiger partial charge in [-0.3, -0.25) is 0 Å². The summed E-state index contributed by atoms with van der Waals surface area (Å²) in [5.74, 6) is -0.773. The fourth-order valence-electron chi connectivity index (χ4n) is 2.16. The van der Waals surface area contributed by atoms with Crippen LogP contribution >= 0.6 is 0 Å². The fourth-order valence-corrected chi connectivity index (χ4v) is 2.16. The monoisotopic (exact) mass is 276 g/mol. The second-order valence-electron chi connectivity index (χ2n) is 4.84. The first-order valence-corrected chi connectivity index (χ1v) is 6.58. The zero-order valence-corrected chi connectivity index (χ0v) is 11.2. The van der Waals surface area contributed by atoms with Crippen molar-refractivity contribution in [2.75, 3.05) is 13.2 Å². The molecule has 2 aromatic rings. The van der Waals surface area contributed by atoms with Crippen LogP contribution in [0.25, 0.3) is 11.5 Å². The molecule has 0 atom stereocenters. The molecule has 2 heterocycles. The fraction of sp³-hybridized carbons (Fsp3) is 0.429. The van der Waals surface area contributed by atoms with E-state index in [9.17, 15) is 4.79 Å². The number of aryl methyl sites for hydroxylation is 1. The molecule has 0 spiro atoms. The van der Waals surface area contributed by atoms with Crippen molar-refractivity contribution in [2.24, 2.45) is 0 Å². The predicted octanol–water partition coefficient (Wildman–Crippen LogP) is 1.66. The molecular formula is C14H16N2O4. The van der Waals surface area contributed by atoms with Gasteiger partial charge in [0.25, 0.3) is 0 Å². The third kappa shape index (κ3) is 2.66. The van der Waals surface area contributed by atoms with Gasteiger partial charge in [-0.2, -0.15) is 4.68 Å². The average Bonchev–Trinajstić information content (AvgIpc) is 3.05. The van der Waals surface area contributed by atoms with Crippen LogP contribution in [0.3, 0.4) is 0 Å². The molecule has 0 radical (unpaired) electrons. The summed E-state index contributed by atoms with van der Waals surface area (Å²) in [6.07, 6.45) is 0.549. The molecule has 1 aromatic heterocycles. The van der Waals surface area contributed by atoms with E-state index >= 15 is 0 Å². The van der Waals surface area contributed by atoms with Crippen LogP contribution < -0.4 is 5.76 Å². The van der Waals surface area contributed by atoms with Crippen molar-refractivity contribution in [2.45, 2.75) is 25.7 Å². The minimum absolute atomic E-state index is 0.328. The van der Waals surface area contributed by atoms with Crippen LogP contribution in [0.4, 0.5) is 0 Å². The molecule has 0 amide bonds. The van der Waals surface area contributed by atoms with Crippen LogP contribution in [0.15, 0.2) is 39.5 Å². The minimum Gasteiger partial charge on any atom is -0.388 e. The van der Waals surface area contributed by atoms with Crippen LogP contribution in [0.2, 0.25) is 0 Å². The predicted molar refractivity (Wildman–Crippen MR) is 71.1 cm³/mol. The van der Waals surface area contributed by atoms with Crippen LogP contribution in [0.1, 0.15) is 13.3 Å². The van der Waals surface area contributed by atoms with Crippen molar-refractivity contribution in [3.8, 4) is 11.5 Å². The van der Waals surface area contributed by atoms with E-state index in [0.29, 0.717) is 32.1 Å². The summed E-state index contributed by atoms with van der Waals surface area (Å²) in [6.45, 7) is 3.42. The zero-order chi connectivity index (χ0) is 14.0. The number of nitrogens with zero attached hydrogens (tertiary/aromatic N) is 2. The van der Waals surface area contributed by atoms with Crippen molar-refractivity contribution < 1.29 is 13.9 Å². The van der Waals surface area contributed by atoms with Gasteiger partial charge in [-0.05, 0) is 19.1 Å². The Kier molecular flexibility index (Phi) is 3.42. The lowest BCUT2D eigenvalue weighted by Gasteiger charge is -2.21. The number of rotatable bonds is 4. The summed E-state index contributed by atoms with van der Waals surface area (Å²) >= 11 is 0. The van der Waals surface area contributed by atoms with Crippen molar-refractivity contribution in [1.82, 2.24) is 9.78 Å². The molecule has 6 nitrogen and oxygen atoms in total. The van der Waals surface area contributed by atoms with E-state index in [1.54, 1.807) is 0 Å². The van der Waals surface area contributed by atoms with Gasteiger partial charge in [0.15, 0.2) is 5.79 Å². The Morgan fingerprint density at radius 2 is 1.95 bits per heavy atom. The zero-order valence-electron chi connectivity index (χ0n) is 11.2. The van der Waals surface area contributed by atoms with Gasteiger partial charge >= 0.3 is 5.76 Å². The van der Waals surface area contributed by atoms with Crippen molar-refractivity contribution in [1.29, 1.82) is 0 Å². The number of aromatic nitrogens is 2. The van der Waals surface area contributed by atoms with E-state index in [2.05, 4.69) is 5.10 Å². The summed E-state index contributed by atoms with van der Waals surface area (Å²) in [5, 5.41) is 4.20. The molecule has 1 aromatic carbocycles. The molecule has 0 N–H and O–H groups in total. The normalized spacial score (nSPS) is 17.4. The summed E-state index contributed by atoms with van der Waals surface area (Å²) in [4.78, 5) is 11.8. The van der Waals surface area contributed by atoms with Gasteiger partial charge in [-0.25, -0.2) is 4.79 Å². The Morgan fingerprint density at radius 3 is 2.65 bits per heavy atom. The van der Waals surface area contributed by atoms with Gasteiger partial charge in [0.2, 0.25) is 5.89 Å². The largest absolute Gasteiger partial charge is 0.437 e. The second kappa shape index (κ2) is 5.22. The molecule has 1 aliphatic heterocycles. The lowest BCUT2D eigenvalue weighted by Crippen LogP contribution is -2.29. The molecule has 1 fully saturated rings. The summed E-state index contributed by atoms with van der Waals surface area (Å²) in [7, 11) is 0. The van der Waals surface area contributed by atoms with E-state index in [0.717, 1.165) is 5.56 Å². The molecule has 20 heavy (non-hydrogen) atoms. The van der Waals surface area contributed by atoms with Crippen LogP contribution in [0.5, 0.6) is 0 Å². The Balaban J connectivity index is 1.75. The Hall–Kier alpha value is -1.92. The van der Waals surface area contributed by atoms with Crippen molar-refractivity contribution in [3.05, 3.63) is 40.9 Å². The first-order valence-electron chi connectivity index (χ1n) is 6.58. The number of hydrogen-bond donors (Lipinski definition) is 0. The molecule has 0 unspecified atom stereocenters. The van der Waals surface area contributed by atoms with E-state index < -0.39 is 11.5 Å². The highest BCUT2D eigenvalue weighted by Gasteiger charge is 2.31.